The molecule has 0 aliphatic heterocycles. The molecule has 0 saturated heterocycles. The van der Waals surface area contributed by atoms with Crippen LogP contribution in [0.15, 0.2) is 0 Å². The number of esters is 4. The largest absolute Gasteiger partial charge is 0.472 e. The molecule has 0 aliphatic carbocycles. The highest BCUT2D eigenvalue weighted by atomic mass is 31.2. The summed E-state index contributed by atoms with van der Waals surface area (Å²) in [7, 11) is -9.88. The van der Waals surface area contributed by atoms with E-state index >= 15 is 0 Å². The normalized spacial score (nSPS) is 14.7. The lowest BCUT2D eigenvalue weighted by Crippen LogP contribution is -2.30. The smallest absolute Gasteiger partial charge is 0.462 e. The van der Waals surface area contributed by atoms with Gasteiger partial charge in [-0.25, -0.2) is 9.13 Å². The number of hydrogen-bond donors (Lipinski definition) is 3. The van der Waals surface area contributed by atoms with E-state index in [0.717, 1.165) is 108 Å². The fraction of sp³-hybridized carbons (Fsp3) is 0.937. The first-order chi connectivity index (χ1) is 39.4. The number of hydrogen-bond acceptors (Lipinski definition) is 15. The Labute approximate surface area is 498 Å². The summed E-state index contributed by atoms with van der Waals surface area (Å²) in [6.45, 7) is 9.39. The first-order valence-electron chi connectivity index (χ1n) is 33.0. The van der Waals surface area contributed by atoms with Crippen molar-refractivity contribution in [1.29, 1.82) is 0 Å². The summed E-state index contributed by atoms with van der Waals surface area (Å²) in [5.74, 6) is -0.682. The molecule has 0 spiro atoms. The predicted molar refractivity (Wildman–Crippen MR) is 326 cm³/mol. The third kappa shape index (κ3) is 55.9. The van der Waals surface area contributed by atoms with Gasteiger partial charge in [-0.15, -0.1) is 0 Å². The Bertz CT molecular complexity index is 1620. The van der Waals surface area contributed by atoms with E-state index in [4.69, 9.17) is 37.0 Å². The van der Waals surface area contributed by atoms with Crippen LogP contribution in [0.2, 0.25) is 0 Å². The molecule has 0 fully saturated rings. The van der Waals surface area contributed by atoms with E-state index < -0.39 is 97.5 Å². The van der Waals surface area contributed by atoms with Gasteiger partial charge in [0.15, 0.2) is 12.2 Å². The molecule has 82 heavy (non-hydrogen) atoms. The van der Waals surface area contributed by atoms with Crippen LogP contribution in [0.25, 0.3) is 0 Å². The quantitative estimate of drug-likeness (QED) is 0.0222. The molecular formula is C63H122O17P2. The minimum Gasteiger partial charge on any atom is -0.462 e. The second kappa shape index (κ2) is 55.6. The number of carbonyl (C=O) groups excluding carboxylic acids is 4. The van der Waals surface area contributed by atoms with Crippen LogP contribution in [0, 0.1) is 11.8 Å². The van der Waals surface area contributed by atoms with Gasteiger partial charge in [-0.1, -0.05) is 260 Å². The van der Waals surface area contributed by atoms with Crippen molar-refractivity contribution in [3.8, 4) is 0 Å². The van der Waals surface area contributed by atoms with E-state index in [0.29, 0.717) is 25.7 Å². The SMILES string of the molecule is CCCCCCCCCCCCCCC(=O)OC[C@H](COP(=O)(O)OC[C@@H](O)COP(=O)(O)OC[C@@H](COC(=O)CCCCCCCCCC)OC(=O)CCCCCCCCC(C)CC)OC(=O)CCCCCCCCCCCC(C)C. The van der Waals surface area contributed by atoms with Crippen LogP contribution in [-0.4, -0.2) is 96.7 Å². The molecule has 0 rings (SSSR count). The summed E-state index contributed by atoms with van der Waals surface area (Å²) < 4.78 is 67.9. The number of phosphoric ester groups is 2. The van der Waals surface area contributed by atoms with Gasteiger partial charge in [-0.05, 0) is 37.5 Å². The standard InChI is InChI=1S/C63H122O17P2/c1-7-10-12-14-16-18-19-20-23-27-34-40-46-61(66)74-51-58(79-62(67)47-41-35-28-24-21-22-25-31-37-43-55(4)5)53-77-81(69,70)75-49-57(64)50-76-82(71,72)78-54-59(52-73-60(65)45-39-33-26-17-15-13-11-8-2)80-63(68)48-42-36-30-29-32-38-44-56(6)9-3/h55-59,64H,7-54H2,1-6H3,(H,69,70)(H,71,72)/t56?,57-,58-,59-/m1/s1. The van der Waals surface area contributed by atoms with Crippen LogP contribution in [0.4, 0.5) is 0 Å². The third-order valence-corrected chi connectivity index (χ3v) is 16.7. The first-order valence-corrected chi connectivity index (χ1v) is 36.0. The van der Waals surface area contributed by atoms with Crippen molar-refractivity contribution in [2.24, 2.45) is 11.8 Å². The van der Waals surface area contributed by atoms with Crippen molar-refractivity contribution in [3.05, 3.63) is 0 Å². The van der Waals surface area contributed by atoms with E-state index in [9.17, 15) is 43.2 Å². The second-order valence-electron chi connectivity index (χ2n) is 23.5. The molecule has 0 radical (unpaired) electrons. The number of rotatable bonds is 62. The number of ether oxygens (including phenoxy) is 4. The van der Waals surface area contributed by atoms with E-state index in [2.05, 4.69) is 41.5 Å². The number of aliphatic hydroxyl groups is 1. The molecule has 19 heteroatoms. The van der Waals surface area contributed by atoms with Gasteiger partial charge in [0.25, 0.3) is 0 Å². The van der Waals surface area contributed by atoms with Gasteiger partial charge in [-0.2, -0.15) is 0 Å². The molecule has 0 heterocycles. The van der Waals surface area contributed by atoms with E-state index in [1.54, 1.807) is 0 Å². The number of aliphatic hydroxyl groups excluding tert-OH is 1. The lowest BCUT2D eigenvalue weighted by Gasteiger charge is -2.21. The van der Waals surface area contributed by atoms with Crippen molar-refractivity contribution >= 4 is 39.5 Å². The lowest BCUT2D eigenvalue weighted by molar-refractivity contribution is -0.161. The molecule has 17 nitrogen and oxygen atoms in total. The molecule has 0 amide bonds. The lowest BCUT2D eigenvalue weighted by atomic mass is 10.00. The van der Waals surface area contributed by atoms with Gasteiger partial charge in [0.1, 0.15) is 19.3 Å². The summed E-state index contributed by atoms with van der Waals surface area (Å²) in [5, 5.41) is 10.5. The zero-order chi connectivity index (χ0) is 60.8. The number of unbranched alkanes of at least 4 members (excludes halogenated alkanes) is 31. The predicted octanol–water partition coefficient (Wildman–Crippen LogP) is 17.3. The van der Waals surface area contributed by atoms with E-state index in [1.165, 1.54) is 122 Å². The highest BCUT2D eigenvalue weighted by Gasteiger charge is 2.30. The Morgan fingerprint density at radius 2 is 0.622 bits per heavy atom. The van der Waals surface area contributed by atoms with Crippen molar-refractivity contribution in [2.75, 3.05) is 39.6 Å². The molecule has 0 aliphatic rings. The summed E-state index contributed by atoms with van der Waals surface area (Å²) in [6, 6.07) is 0. The maximum atomic E-state index is 13.0. The maximum absolute atomic E-state index is 13.0. The van der Waals surface area contributed by atoms with E-state index in [-0.39, 0.29) is 25.7 Å². The zero-order valence-corrected chi connectivity index (χ0v) is 54.6. The fourth-order valence-electron chi connectivity index (χ4n) is 9.32. The molecule has 3 N–H and O–H groups in total. The Kier molecular flexibility index (Phi) is 54.3. The summed E-state index contributed by atoms with van der Waals surface area (Å²) in [6.07, 6.45) is 37.6. The van der Waals surface area contributed by atoms with Crippen molar-refractivity contribution in [3.63, 3.8) is 0 Å². The molecule has 0 saturated carbocycles. The molecule has 0 aromatic heterocycles. The average Bonchev–Trinajstić information content (AvgIpc) is 3.44. The van der Waals surface area contributed by atoms with Gasteiger partial charge in [0.2, 0.25) is 0 Å². The third-order valence-electron chi connectivity index (χ3n) is 14.8. The van der Waals surface area contributed by atoms with Crippen LogP contribution >= 0.6 is 15.6 Å². The van der Waals surface area contributed by atoms with Crippen molar-refractivity contribution < 1.29 is 80.2 Å². The Morgan fingerprint density at radius 1 is 0.354 bits per heavy atom. The average molecular weight is 1210 g/mol. The maximum Gasteiger partial charge on any atom is 0.472 e. The summed E-state index contributed by atoms with van der Waals surface area (Å²) in [5.41, 5.74) is 0. The molecule has 0 aromatic carbocycles. The van der Waals surface area contributed by atoms with Gasteiger partial charge in [0.05, 0.1) is 26.4 Å². The number of phosphoric acid groups is 2. The number of carbonyl (C=O) groups is 4. The molecule has 0 bridgehead atoms. The van der Waals surface area contributed by atoms with Crippen LogP contribution in [-0.2, 0) is 65.4 Å². The minimum atomic E-state index is -4.94. The Balaban J connectivity index is 5.24. The molecule has 3 unspecified atom stereocenters. The van der Waals surface area contributed by atoms with Crippen LogP contribution in [0.1, 0.15) is 311 Å². The minimum absolute atomic E-state index is 0.103. The molecule has 6 atom stereocenters. The van der Waals surface area contributed by atoms with Crippen LogP contribution < -0.4 is 0 Å². The Morgan fingerprint density at radius 3 is 0.927 bits per heavy atom. The van der Waals surface area contributed by atoms with Gasteiger partial charge in [0, 0.05) is 25.7 Å². The topological polar surface area (TPSA) is 237 Å². The fourth-order valence-corrected chi connectivity index (χ4v) is 10.9. The van der Waals surface area contributed by atoms with Crippen LogP contribution in [0.5, 0.6) is 0 Å². The highest BCUT2D eigenvalue weighted by molar-refractivity contribution is 7.47. The van der Waals surface area contributed by atoms with Crippen molar-refractivity contribution in [1.82, 2.24) is 0 Å². The van der Waals surface area contributed by atoms with Gasteiger partial charge < -0.3 is 33.8 Å². The Hall–Kier alpha value is -1.94. The van der Waals surface area contributed by atoms with Gasteiger partial charge >= 0.3 is 39.5 Å². The highest BCUT2D eigenvalue weighted by Crippen LogP contribution is 2.45. The zero-order valence-electron chi connectivity index (χ0n) is 52.8. The second-order valence-corrected chi connectivity index (χ2v) is 26.4. The summed E-state index contributed by atoms with van der Waals surface area (Å²) >= 11 is 0. The molecular weight excluding hydrogens is 1090 g/mol. The summed E-state index contributed by atoms with van der Waals surface area (Å²) in [4.78, 5) is 72.1. The van der Waals surface area contributed by atoms with E-state index in [1.807, 2.05) is 0 Å². The molecule has 486 valence electrons. The van der Waals surface area contributed by atoms with Crippen LogP contribution in [0.3, 0.4) is 0 Å². The first kappa shape index (κ1) is 80.1. The monoisotopic (exact) mass is 1210 g/mol. The van der Waals surface area contributed by atoms with Gasteiger partial charge in [-0.3, -0.25) is 37.3 Å². The molecule has 0 aromatic rings. The van der Waals surface area contributed by atoms with Crippen molar-refractivity contribution in [2.45, 2.75) is 330 Å².